The van der Waals surface area contributed by atoms with Crippen LogP contribution in [0.15, 0.2) is 0 Å². The minimum absolute atomic E-state index is 0.0802. The summed E-state index contributed by atoms with van der Waals surface area (Å²) in [5.41, 5.74) is 0. The first-order valence-corrected chi connectivity index (χ1v) is 39.5. The highest BCUT2D eigenvalue weighted by Crippen LogP contribution is 2.01. The van der Waals surface area contributed by atoms with Gasteiger partial charge in [0.1, 0.15) is 0 Å². The average Bonchev–Trinajstić information content (AvgIpc) is 3.44. The largest absolute Gasteiger partial charge is 0.396 e. The molecule has 0 aliphatic heterocycles. The second kappa shape index (κ2) is 145. The summed E-state index contributed by atoms with van der Waals surface area (Å²) in [5, 5.41) is 65.5. The summed E-state index contributed by atoms with van der Waals surface area (Å²) in [6, 6.07) is 0. The normalized spacial score (nSPS) is 9.43. The lowest BCUT2D eigenvalue weighted by molar-refractivity contribution is 0.103. The summed E-state index contributed by atoms with van der Waals surface area (Å²) in [6.07, 6.45) is 0. The molecule has 0 spiro atoms. The van der Waals surface area contributed by atoms with E-state index in [-0.39, 0.29) is 39.6 Å². The van der Waals surface area contributed by atoms with Crippen molar-refractivity contribution in [1.82, 2.24) is 0 Å². The molecule has 0 heterocycles. The van der Waals surface area contributed by atoms with Gasteiger partial charge in [0.15, 0.2) is 0 Å². The predicted octanol–water partition coefficient (Wildman–Crippen LogP) is 7.52. The van der Waals surface area contributed by atoms with Gasteiger partial charge in [-0.3, -0.25) is 0 Å². The van der Waals surface area contributed by atoms with Crippen LogP contribution in [0.5, 0.6) is 0 Å². The van der Waals surface area contributed by atoms with E-state index in [9.17, 15) is 0 Å². The van der Waals surface area contributed by atoms with Gasteiger partial charge in [-0.25, -0.2) is 0 Å². The maximum absolute atomic E-state index is 8.25. The van der Waals surface area contributed by atoms with E-state index in [1.54, 1.807) is 47.0 Å². The molecule has 0 aromatic carbocycles. The Balaban J connectivity index is -0.0000000691. The second-order valence-corrected chi connectivity index (χ2v) is 24.8. The van der Waals surface area contributed by atoms with E-state index in [1.165, 1.54) is 0 Å². The van der Waals surface area contributed by atoms with Crippen LogP contribution >= 0.6 is 243 Å². The number of rotatable bonds is 44. The number of hydrogen-bond donors (Lipinski definition) is 18. The molecule has 0 rings (SSSR count). The van der Waals surface area contributed by atoms with Crippen LogP contribution in [0.3, 0.4) is 0 Å². The van der Waals surface area contributed by atoms with Crippen molar-refractivity contribution in [2.45, 2.75) is 0 Å². The van der Waals surface area contributed by atoms with Gasteiger partial charge in [-0.15, -0.1) is 46.4 Å². The van der Waals surface area contributed by atoms with Gasteiger partial charge < -0.3 is 64.5 Å². The molecule has 0 atom stereocenters. The van der Waals surface area contributed by atoms with Crippen molar-refractivity contribution >= 4 is 243 Å². The molecular weight excluding hydrogens is 1390 g/mol. The molecule has 0 aliphatic rings. The zero-order chi connectivity index (χ0) is 60.9. The van der Waals surface area contributed by atoms with Crippen molar-refractivity contribution in [3.63, 3.8) is 0 Å². The standard InChI is InChI=1S/C4H9ClO2.2C4H9ClOS.C4H9ClS2.3C4H10O2S.3C4H10OS2.C4H10S3/c2*5-1-3-7-4-2-6;5-1-2-6-3-4-7;2*5-1-3-7-4-2-6;2*5-1-2-6-3-4-7;2*5-1-3-7-4-2-6;6-3-1-5-2-4-7;5-1-3-7-4-2-6/h2*6H,1-4H2;7H,1-4H2;6H,1-4H2;5-6H,1-4H2;2*5,7H,1-4H2;2*5-6H,1-4H2;6-7H,1-4H2;5-6H,1-4H2. The molecule has 0 aromatic rings. The second-order valence-electron chi connectivity index (χ2n) is 11.5. The SMILES string of the molecule is OCCOCCCl.OCCOCCS.OCCOCCS.OCCSCCCl.OCCSCCO.OCCSCCS.OCCSCCS.SCCOCCCl.SCCOCCS.SCCSCCCl.SCCSCCS. The molecule has 8 N–H and O–H groups in total. The number of hydrogen-bond acceptors (Lipinski definition) is 29. The maximum atomic E-state index is 8.25. The Labute approximate surface area is 570 Å². The minimum atomic E-state index is 0.0802. The van der Waals surface area contributed by atoms with Crippen LogP contribution in [-0.4, -0.2) is 310 Å². The Bertz CT molecular complexity index is 524. The van der Waals surface area contributed by atoms with Crippen molar-refractivity contribution < 1.29 is 64.5 Å². The Hall–Kier alpha value is 6.24. The molecule has 13 nitrogen and oxygen atoms in total. The highest BCUT2D eigenvalue weighted by molar-refractivity contribution is 8.01. The van der Waals surface area contributed by atoms with Crippen LogP contribution in [0.4, 0.5) is 0 Å². The molecule has 0 fully saturated rings. The van der Waals surface area contributed by atoms with Gasteiger partial charge in [0.25, 0.3) is 0 Å². The Morgan fingerprint density at radius 2 is 0.390 bits per heavy atom. The average molecular weight is 1500 g/mol. The van der Waals surface area contributed by atoms with Crippen LogP contribution in [0.1, 0.15) is 0 Å². The van der Waals surface area contributed by atoms with E-state index in [0.717, 1.165) is 146 Å². The van der Waals surface area contributed by atoms with Gasteiger partial charge in [0.2, 0.25) is 0 Å². The number of alkyl halides is 4. The molecule has 484 valence electrons. The van der Waals surface area contributed by atoms with Crippen molar-refractivity contribution in [1.29, 1.82) is 0 Å². The molecule has 0 unspecified atom stereocenters. The summed E-state index contributed by atoms with van der Waals surface area (Å²) >= 11 is 71.4. The third-order valence-electron chi connectivity index (χ3n) is 5.13. The molecule has 0 saturated carbocycles. The summed E-state index contributed by atoms with van der Waals surface area (Å²) in [4.78, 5) is 0. The number of thiol groups is 10. The summed E-state index contributed by atoms with van der Waals surface area (Å²) in [5.74, 6) is 22.6. The van der Waals surface area contributed by atoms with Gasteiger partial charge in [0.05, 0.1) is 119 Å². The lowest BCUT2D eigenvalue weighted by Gasteiger charge is -1.94. The quantitative estimate of drug-likeness (QED) is 0.0162. The number of ether oxygens (including phenoxy) is 5. The highest BCUT2D eigenvalue weighted by atomic mass is 35.5. The predicted molar refractivity (Wildman–Crippen MR) is 396 cm³/mol. The van der Waals surface area contributed by atoms with E-state index in [4.69, 9.17) is 111 Å². The van der Waals surface area contributed by atoms with Gasteiger partial charge in [-0.05, 0) is 28.8 Å². The fourth-order valence-corrected chi connectivity index (χ4v) is 8.69. The topological polar surface area (TPSA) is 208 Å². The lowest BCUT2D eigenvalue weighted by Crippen LogP contribution is -2.00. The number of halogens is 4. The van der Waals surface area contributed by atoms with Crippen LogP contribution in [0.2, 0.25) is 0 Å². The molecule has 0 aromatic heterocycles. The molecular formula is C44H106Cl4O13S16. The van der Waals surface area contributed by atoms with Crippen LogP contribution < -0.4 is 0 Å². The number of aliphatic hydroxyl groups is 8. The Morgan fingerprint density at radius 3 is 0.584 bits per heavy atom. The summed E-state index contributed by atoms with van der Waals surface area (Å²) in [7, 11) is 0. The molecule has 0 bridgehead atoms. The van der Waals surface area contributed by atoms with Crippen molar-refractivity contribution in [2.75, 3.05) is 269 Å². The zero-order valence-corrected chi connectivity index (χ0v) is 62.0. The van der Waals surface area contributed by atoms with Gasteiger partial charge >= 0.3 is 0 Å². The minimum Gasteiger partial charge on any atom is -0.396 e. The maximum Gasteiger partial charge on any atom is 0.0698 e. The highest BCUT2D eigenvalue weighted by Gasteiger charge is 1.86. The third-order valence-corrected chi connectivity index (χ3v) is 15.6. The van der Waals surface area contributed by atoms with Crippen molar-refractivity contribution in [3.8, 4) is 0 Å². The summed E-state index contributed by atoms with van der Waals surface area (Å²) < 4.78 is 24.3. The molecule has 0 aliphatic carbocycles. The summed E-state index contributed by atoms with van der Waals surface area (Å²) in [6.45, 7) is 7.43. The fourth-order valence-electron chi connectivity index (χ4n) is 2.50. The Morgan fingerprint density at radius 1 is 0.208 bits per heavy atom. The first-order valence-electron chi connectivity index (χ1n) is 24.1. The van der Waals surface area contributed by atoms with Crippen molar-refractivity contribution in [3.05, 3.63) is 0 Å². The third kappa shape index (κ3) is 210. The Kier molecular flexibility index (Phi) is 203. The monoisotopic (exact) mass is 1490 g/mol. The first kappa shape index (κ1) is 108. The lowest BCUT2D eigenvalue weighted by atomic mass is 10.7. The molecule has 0 saturated heterocycles. The van der Waals surface area contributed by atoms with Crippen LogP contribution in [0.25, 0.3) is 0 Å². The van der Waals surface area contributed by atoms with Crippen LogP contribution in [0, 0.1) is 0 Å². The van der Waals surface area contributed by atoms with Gasteiger partial charge in [0, 0.05) is 121 Å². The zero-order valence-electron chi connectivity index (χ0n) is 45.2. The number of thioether (sulfide) groups is 6. The molecule has 0 radical (unpaired) electrons. The van der Waals surface area contributed by atoms with Crippen molar-refractivity contribution in [2.24, 2.45) is 0 Å². The number of aliphatic hydroxyl groups excluding tert-OH is 8. The molecule has 77 heavy (non-hydrogen) atoms. The fraction of sp³-hybridized carbons (Fsp3) is 1.00. The van der Waals surface area contributed by atoms with Crippen LogP contribution in [-0.2, 0) is 23.7 Å². The first-order chi connectivity index (χ1) is 37.6. The van der Waals surface area contributed by atoms with Gasteiger partial charge in [-0.2, -0.15) is 197 Å². The molecule has 33 heteroatoms. The van der Waals surface area contributed by atoms with E-state index in [2.05, 4.69) is 126 Å². The molecule has 0 amide bonds. The van der Waals surface area contributed by atoms with E-state index in [0.29, 0.717) is 83.7 Å². The van der Waals surface area contributed by atoms with E-state index in [1.807, 2.05) is 23.5 Å². The smallest absolute Gasteiger partial charge is 0.0698 e. The van der Waals surface area contributed by atoms with Gasteiger partial charge in [-0.1, -0.05) is 0 Å². The van der Waals surface area contributed by atoms with E-state index >= 15 is 0 Å². The van der Waals surface area contributed by atoms with E-state index < -0.39 is 0 Å².